The lowest BCUT2D eigenvalue weighted by Gasteiger charge is -2.25. The molecule has 1 heterocycles. The van der Waals surface area contributed by atoms with Crippen molar-refractivity contribution in [2.24, 2.45) is 0 Å². The van der Waals surface area contributed by atoms with Crippen molar-refractivity contribution in [1.82, 2.24) is 10.2 Å². The van der Waals surface area contributed by atoms with Gasteiger partial charge in [-0.05, 0) is 37.6 Å². The van der Waals surface area contributed by atoms with E-state index >= 15 is 0 Å². The van der Waals surface area contributed by atoms with Crippen molar-refractivity contribution in [1.29, 1.82) is 0 Å². The molecule has 4 amide bonds. The van der Waals surface area contributed by atoms with Crippen LogP contribution in [0.5, 0.6) is 0 Å². The summed E-state index contributed by atoms with van der Waals surface area (Å²) in [4.78, 5) is 39.1. The van der Waals surface area contributed by atoms with Crippen LogP contribution >= 0.6 is 0 Å². The number of hydrogen-bond donors (Lipinski definition) is 1. The van der Waals surface area contributed by atoms with Gasteiger partial charge < -0.3 is 4.90 Å². The molecular weight excluding hydrogens is 306 g/mol. The van der Waals surface area contributed by atoms with Crippen LogP contribution in [0, 0.1) is 0 Å². The van der Waals surface area contributed by atoms with Crippen molar-refractivity contribution >= 4 is 29.6 Å². The number of amides is 4. The monoisotopic (exact) mass is 327 g/mol. The number of nitrogens with zero attached hydrogens (tertiary/aromatic N) is 2. The molecule has 0 aliphatic carbocycles. The van der Waals surface area contributed by atoms with E-state index in [4.69, 9.17) is 0 Å². The second kappa shape index (κ2) is 7.59. The Hall–Kier alpha value is -2.89. The van der Waals surface area contributed by atoms with Crippen molar-refractivity contribution in [3.05, 3.63) is 48.1 Å². The summed E-state index contributed by atoms with van der Waals surface area (Å²) in [5.74, 6) is -1.30. The van der Waals surface area contributed by atoms with Gasteiger partial charge in [0.05, 0.1) is 0 Å². The average molecular weight is 327 g/mol. The van der Waals surface area contributed by atoms with Crippen LogP contribution in [-0.4, -0.2) is 42.4 Å². The van der Waals surface area contributed by atoms with E-state index in [0.717, 1.165) is 29.2 Å². The van der Waals surface area contributed by atoms with Crippen LogP contribution in [0.2, 0.25) is 0 Å². The van der Waals surface area contributed by atoms with Crippen molar-refractivity contribution in [3.63, 3.8) is 0 Å². The van der Waals surface area contributed by atoms with E-state index in [9.17, 15) is 14.4 Å². The molecule has 0 unspecified atom stereocenters. The molecule has 0 saturated carbocycles. The quantitative estimate of drug-likeness (QED) is 0.494. The summed E-state index contributed by atoms with van der Waals surface area (Å²) in [6, 6.07) is 6.85. The molecule has 0 atom stereocenters. The van der Waals surface area contributed by atoms with Gasteiger partial charge in [-0.2, -0.15) is 0 Å². The molecule has 0 spiro atoms. The molecule has 0 bridgehead atoms. The molecule has 1 fully saturated rings. The first kappa shape index (κ1) is 17.5. The standard InChI is InChI=1S/C18H21N3O3/c1-4-11-21-17(23)15(16(22)19-18(21)24)12-13-7-9-14(10-8-13)20(5-2)6-3/h4,7-10,12H,1,5-6,11H2,2-3H3,(H,19,22,24)/b15-12-. The molecule has 6 nitrogen and oxygen atoms in total. The van der Waals surface area contributed by atoms with Gasteiger partial charge in [-0.3, -0.25) is 19.8 Å². The predicted octanol–water partition coefficient (Wildman–Crippen LogP) is 2.18. The lowest BCUT2D eigenvalue weighted by Crippen LogP contribution is -2.54. The van der Waals surface area contributed by atoms with Crippen molar-refractivity contribution in [2.75, 3.05) is 24.5 Å². The molecular formula is C18H21N3O3. The summed E-state index contributed by atoms with van der Waals surface area (Å²) in [6.07, 6.45) is 2.93. The maximum Gasteiger partial charge on any atom is 0.331 e. The molecule has 126 valence electrons. The third-order valence-electron chi connectivity index (χ3n) is 3.83. The van der Waals surface area contributed by atoms with Gasteiger partial charge in [0.1, 0.15) is 5.57 Å². The summed E-state index contributed by atoms with van der Waals surface area (Å²) in [5, 5.41) is 2.17. The van der Waals surface area contributed by atoms with Crippen molar-refractivity contribution < 1.29 is 14.4 Å². The molecule has 1 aromatic rings. The molecule has 1 aromatic carbocycles. The highest BCUT2D eigenvalue weighted by Gasteiger charge is 2.34. The number of hydrogen-bond acceptors (Lipinski definition) is 4. The van der Waals surface area contributed by atoms with Gasteiger partial charge in [0.2, 0.25) is 0 Å². The van der Waals surface area contributed by atoms with E-state index in [-0.39, 0.29) is 12.1 Å². The summed E-state index contributed by atoms with van der Waals surface area (Å²) >= 11 is 0. The Labute approximate surface area is 141 Å². The highest BCUT2D eigenvalue weighted by molar-refractivity contribution is 6.31. The molecule has 24 heavy (non-hydrogen) atoms. The largest absolute Gasteiger partial charge is 0.372 e. The van der Waals surface area contributed by atoms with Crippen LogP contribution in [0.15, 0.2) is 42.5 Å². The Kier molecular flexibility index (Phi) is 5.52. The van der Waals surface area contributed by atoms with Crippen LogP contribution in [0.25, 0.3) is 6.08 Å². The van der Waals surface area contributed by atoms with Gasteiger partial charge in [-0.25, -0.2) is 4.79 Å². The van der Waals surface area contributed by atoms with E-state index in [0.29, 0.717) is 0 Å². The summed E-state index contributed by atoms with van der Waals surface area (Å²) in [7, 11) is 0. The number of rotatable bonds is 6. The van der Waals surface area contributed by atoms with Gasteiger partial charge >= 0.3 is 6.03 Å². The zero-order valence-corrected chi connectivity index (χ0v) is 13.9. The maximum absolute atomic E-state index is 12.3. The van der Waals surface area contributed by atoms with Gasteiger partial charge in [-0.1, -0.05) is 18.2 Å². The number of carbonyl (C=O) groups is 3. The topological polar surface area (TPSA) is 69.7 Å². The number of benzene rings is 1. The number of barbiturate groups is 1. The number of imide groups is 2. The fraction of sp³-hybridized carbons (Fsp3) is 0.278. The molecule has 1 N–H and O–H groups in total. The molecule has 1 aliphatic heterocycles. The SMILES string of the molecule is C=CCN1C(=O)NC(=O)/C(=C/c2ccc(N(CC)CC)cc2)C1=O. The first-order chi connectivity index (χ1) is 11.5. The van der Waals surface area contributed by atoms with Gasteiger partial charge in [0.25, 0.3) is 11.8 Å². The van der Waals surface area contributed by atoms with Crippen LogP contribution in [0.4, 0.5) is 10.5 Å². The smallest absolute Gasteiger partial charge is 0.331 e. The van der Waals surface area contributed by atoms with Gasteiger partial charge in [-0.15, -0.1) is 6.58 Å². The first-order valence-electron chi connectivity index (χ1n) is 7.86. The second-order valence-corrected chi connectivity index (χ2v) is 5.29. The van der Waals surface area contributed by atoms with Crippen LogP contribution in [-0.2, 0) is 9.59 Å². The number of carbonyl (C=O) groups excluding carboxylic acids is 3. The van der Waals surface area contributed by atoms with E-state index < -0.39 is 17.8 Å². The van der Waals surface area contributed by atoms with Gasteiger partial charge in [0, 0.05) is 25.3 Å². The fourth-order valence-corrected chi connectivity index (χ4v) is 2.53. The fourth-order valence-electron chi connectivity index (χ4n) is 2.53. The predicted molar refractivity (Wildman–Crippen MR) is 93.4 cm³/mol. The number of anilines is 1. The van der Waals surface area contributed by atoms with E-state index in [1.54, 1.807) is 0 Å². The first-order valence-corrected chi connectivity index (χ1v) is 7.86. The molecule has 0 radical (unpaired) electrons. The average Bonchev–Trinajstić information content (AvgIpc) is 2.58. The Balaban J connectivity index is 2.28. The number of urea groups is 1. The van der Waals surface area contributed by atoms with Crippen molar-refractivity contribution in [3.8, 4) is 0 Å². The Morgan fingerprint density at radius 1 is 1.12 bits per heavy atom. The van der Waals surface area contributed by atoms with Crippen LogP contribution < -0.4 is 10.2 Å². The Morgan fingerprint density at radius 2 is 1.75 bits per heavy atom. The highest BCUT2D eigenvalue weighted by Crippen LogP contribution is 2.18. The second-order valence-electron chi connectivity index (χ2n) is 5.29. The summed E-state index contributed by atoms with van der Waals surface area (Å²) < 4.78 is 0. The zero-order chi connectivity index (χ0) is 17.7. The number of nitrogens with one attached hydrogen (secondary N) is 1. The van der Waals surface area contributed by atoms with Crippen LogP contribution in [0.3, 0.4) is 0 Å². The lowest BCUT2D eigenvalue weighted by atomic mass is 10.1. The molecule has 0 aromatic heterocycles. The lowest BCUT2D eigenvalue weighted by molar-refractivity contribution is -0.129. The van der Waals surface area contributed by atoms with E-state index in [1.165, 1.54) is 12.2 Å². The van der Waals surface area contributed by atoms with Crippen molar-refractivity contribution in [2.45, 2.75) is 13.8 Å². The third-order valence-corrected chi connectivity index (χ3v) is 3.83. The minimum Gasteiger partial charge on any atom is -0.372 e. The van der Waals surface area contributed by atoms with E-state index in [2.05, 4.69) is 30.6 Å². The van der Waals surface area contributed by atoms with Gasteiger partial charge in [0.15, 0.2) is 0 Å². The normalized spacial score (nSPS) is 16.3. The molecule has 2 rings (SSSR count). The van der Waals surface area contributed by atoms with E-state index in [1.807, 2.05) is 24.3 Å². The minimum absolute atomic E-state index is 0.0518. The van der Waals surface area contributed by atoms with Crippen LogP contribution in [0.1, 0.15) is 19.4 Å². The molecule has 1 aliphatic rings. The minimum atomic E-state index is -0.723. The molecule has 1 saturated heterocycles. The Morgan fingerprint density at radius 3 is 2.29 bits per heavy atom. The summed E-state index contributed by atoms with van der Waals surface area (Å²) in [6.45, 7) is 9.52. The highest BCUT2D eigenvalue weighted by atomic mass is 16.2. The molecule has 6 heteroatoms. The maximum atomic E-state index is 12.3. The zero-order valence-electron chi connectivity index (χ0n) is 13.9. The third kappa shape index (κ3) is 3.53. The summed E-state index contributed by atoms with van der Waals surface area (Å²) in [5.41, 5.74) is 1.73. The Bertz CT molecular complexity index is 688.